The predicted octanol–water partition coefficient (Wildman–Crippen LogP) is 6.12. The summed E-state index contributed by atoms with van der Waals surface area (Å²) in [5.74, 6) is -0.674. The Morgan fingerprint density at radius 1 is 1.10 bits per heavy atom. The van der Waals surface area contributed by atoms with Crippen molar-refractivity contribution in [2.24, 2.45) is 0 Å². The van der Waals surface area contributed by atoms with E-state index in [0.29, 0.717) is 41.1 Å². The molecule has 3 aromatic heterocycles. The molecule has 4 heterocycles. The number of ether oxygens (including phenoxy) is 1. The number of fused-ring (bicyclic) bond motifs is 3. The maximum atomic E-state index is 15.8. The van der Waals surface area contributed by atoms with Crippen LogP contribution >= 0.6 is 0 Å². The van der Waals surface area contributed by atoms with Gasteiger partial charge in [0.15, 0.2) is 17.4 Å². The summed E-state index contributed by atoms with van der Waals surface area (Å²) in [6.07, 6.45) is 1.36. The first-order valence-corrected chi connectivity index (χ1v) is 12.8. The number of amides is 1. The molecule has 41 heavy (non-hydrogen) atoms. The Labute approximate surface area is 233 Å². The number of nitrogens with two attached hydrogens (primary N) is 1. The molecule has 3 N–H and O–H groups in total. The summed E-state index contributed by atoms with van der Waals surface area (Å²) in [6.45, 7) is 7.84. The molecule has 9 nitrogen and oxygen atoms in total. The quantitative estimate of drug-likeness (QED) is 0.244. The minimum absolute atomic E-state index is 0.0000810. The molecule has 1 amide bonds. The highest BCUT2D eigenvalue weighted by molar-refractivity contribution is 6.08. The van der Waals surface area contributed by atoms with Gasteiger partial charge in [-0.3, -0.25) is 4.79 Å². The van der Waals surface area contributed by atoms with E-state index in [0.717, 1.165) is 5.69 Å². The smallest absolute Gasteiger partial charge is 0.250 e. The molecule has 2 aromatic carbocycles. The largest absolute Gasteiger partial charge is 0.436 e. The van der Waals surface area contributed by atoms with E-state index in [1.807, 2.05) is 17.6 Å². The van der Waals surface area contributed by atoms with Crippen LogP contribution in [-0.4, -0.2) is 32.0 Å². The van der Waals surface area contributed by atoms with Gasteiger partial charge in [0.1, 0.15) is 23.6 Å². The predicted molar refractivity (Wildman–Crippen MR) is 153 cm³/mol. The molecule has 0 spiro atoms. The van der Waals surface area contributed by atoms with Gasteiger partial charge in [-0.1, -0.05) is 24.8 Å². The number of aryl methyl sites for hydroxylation is 1. The van der Waals surface area contributed by atoms with Gasteiger partial charge < -0.3 is 25.3 Å². The van der Waals surface area contributed by atoms with Crippen LogP contribution in [-0.2, 0) is 11.3 Å². The van der Waals surface area contributed by atoms with Crippen molar-refractivity contribution in [3.8, 4) is 22.8 Å². The molecule has 0 atom stereocenters. The zero-order valence-corrected chi connectivity index (χ0v) is 22.3. The van der Waals surface area contributed by atoms with Gasteiger partial charge in [0.2, 0.25) is 5.88 Å². The number of nitrogens with one attached hydrogen (secondary N) is 1. The molecule has 5 aromatic rings. The van der Waals surface area contributed by atoms with Crippen LogP contribution in [0.5, 0.6) is 11.6 Å². The second-order valence-electron chi connectivity index (χ2n) is 9.70. The Balaban J connectivity index is 1.48. The van der Waals surface area contributed by atoms with Crippen LogP contribution in [0.3, 0.4) is 0 Å². The number of pyridine rings is 1. The van der Waals surface area contributed by atoms with Gasteiger partial charge in [-0.25, -0.2) is 23.7 Å². The third kappa shape index (κ3) is 4.50. The van der Waals surface area contributed by atoms with Gasteiger partial charge >= 0.3 is 0 Å². The molecular weight excluding hydrogens is 528 g/mol. The van der Waals surface area contributed by atoms with Crippen LogP contribution in [0.15, 0.2) is 73.1 Å². The number of nitrogen functional groups attached to an aromatic ring is 1. The fraction of sp³-hybridized carbons (Fsp3) is 0.133. The molecule has 1 aliphatic rings. The van der Waals surface area contributed by atoms with Crippen molar-refractivity contribution in [1.29, 1.82) is 0 Å². The Kier molecular flexibility index (Phi) is 6.33. The second kappa shape index (κ2) is 10.0. The van der Waals surface area contributed by atoms with Crippen LogP contribution in [0.25, 0.3) is 22.2 Å². The van der Waals surface area contributed by atoms with Gasteiger partial charge in [-0.15, -0.1) is 0 Å². The highest BCUT2D eigenvalue weighted by Gasteiger charge is 2.33. The summed E-state index contributed by atoms with van der Waals surface area (Å²) >= 11 is 0. The van der Waals surface area contributed by atoms with Crippen molar-refractivity contribution < 1.29 is 18.3 Å². The SMILES string of the molecule is C=C(C)C(=O)Nc1cccc(N2CCn3c2c(-c2ccc(Oc4cccc(C)n4)c(F)c2)c2c(N)ncnc23)c1F. The fourth-order valence-electron chi connectivity index (χ4n) is 4.97. The van der Waals surface area contributed by atoms with Crippen LogP contribution < -0.4 is 20.7 Å². The summed E-state index contributed by atoms with van der Waals surface area (Å²) in [7, 11) is 0. The summed E-state index contributed by atoms with van der Waals surface area (Å²) in [5, 5.41) is 3.08. The zero-order valence-electron chi connectivity index (χ0n) is 22.3. The minimum atomic E-state index is -0.619. The van der Waals surface area contributed by atoms with Gasteiger partial charge in [0, 0.05) is 36.0 Å². The topological polar surface area (TPSA) is 111 Å². The standard InChI is InChI=1S/C30H25F2N7O2/c1-16(2)29(40)37-20-7-5-8-21(26(20)32)38-12-13-39-28-25(27(33)34-15-35-28)24(30(38)39)18-10-11-22(19(31)14-18)41-23-9-4-6-17(3)36-23/h4-11,14-15H,1,12-13H2,2-3H3,(H,37,40)(H2,33,34,35). The maximum absolute atomic E-state index is 15.8. The number of nitrogens with zero attached hydrogens (tertiary/aromatic N) is 5. The molecule has 0 saturated heterocycles. The molecule has 1 aliphatic heterocycles. The number of carbonyl (C=O) groups is 1. The summed E-state index contributed by atoms with van der Waals surface area (Å²) in [4.78, 5) is 26.9. The number of hydrogen-bond acceptors (Lipinski definition) is 7. The van der Waals surface area contributed by atoms with Crippen LogP contribution in [0.4, 0.5) is 31.8 Å². The molecule has 0 fully saturated rings. The van der Waals surface area contributed by atoms with Gasteiger partial charge in [0.25, 0.3) is 5.91 Å². The van der Waals surface area contributed by atoms with Gasteiger partial charge in [0.05, 0.1) is 16.8 Å². The molecule has 0 saturated carbocycles. The molecule has 206 valence electrons. The number of halogens is 2. The van der Waals surface area contributed by atoms with Crippen molar-refractivity contribution in [1.82, 2.24) is 19.5 Å². The first kappa shape index (κ1) is 25.9. The average Bonchev–Trinajstić information content (AvgIpc) is 3.50. The summed E-state index contributed by atoms with van der Waals surface area (Å²) < 4.78 is 38.9. The van der Waals surface area contributed by atoms with Crippen molar-refractivity contribution in [3.63, 3.8) is 0 Å². The number of hydrogen-bond donors (Lipinski definition) is 2. The molecule has 0 aliphatic carbocycles. The minimum Gasteiger partial charge on any atom is -0.436 e. The first-order chi connectivity index (χ1) is 19.7. The Hall–Kier alpha value is -5.32. The summed E-state index contributed by atoms with van der Waals surface area (Å²) in [6, 6.07) is 14.5. The molecule has 6 rings (SSSR count). The van der Waals surface area contributed by atoms with Crippen LogP contribution in [0.1, 0.15) is 12.6 Å². The van der Waals surface area contributed by atoms with Crippen molar-refractivity contribution in [2.75, 3.05) is 22.5 Å². The van der Waals surface area contributed by atoms with E-state index in [9.17, 15) is 4.79 Å². The van der Waals surface area contributed by atoms with Crippen LogP contribution in [0, 0.1) is 18.6 Å². The molecule has 11 heteroatoms. The lowest BCUT2D eigenvalue weighted by Gasteiger charge is -2.22. The third-order valence-electron chi connectivity index (χ3n) is 6.85. The number of anilines is 4. The Bertz CT molecular complexity index is 1870. The number of benzene rings is 2. The lowest BCUT2D eigenvalue weighted by atomic mass is 10.0. The van der Waals surface area contributed by atoms with Crippen LogP contribution in [0.2, 0.25) is 0 Å². The van der Waals surface area contributed by atoms with Gasteiger partial charge in [-0.2, -0.15) is 0 Å². The molecule has 0 bridgehead atoms. The highest BCUT2D eigenvalue weighted by atomic mass is 19.1. The molecule has 0 radical (unpaired) electrons. The molecule has 0 unspecified atom stereocenters. The van der Waals surface area contributed by atoms with Gasteiger partial charge in [-0.05, 0) is 49.7 Å². The van der Waals surface area contributed by atoms with E-state index in [1.165, 1.54) is 24.5 Å². The van der Waals surface area contributed by atoms with Crippen molar-refractivity contribution >= 4 is 40.0 Å². The van der Waals surface area contributed by atoms with E-state index in [-0.39, 0.29) is 34.4 Å². The normalized spacial score (nSPS) is 12.4. The van der Waals surface area contributed by atoms with Crippen molar-refractivity contribution in [2.45, 2.75) is 20.4 Å². The van der Waals surface area contributed by atoms with Crippen molar-refractivity contribution in [3.05, 3.63) is 90.4 Å². The van der Waals surface area contributed by atoms with E-state index < -0.39 is 17.5 Å². The Morgan fingerprint density at radius 3 is 2.66 bits per heavy atom. The summed E-state index contributed by atoms with van der Waals surface area (Å²) in [5.41, 5.74) is 9.12. The fourth-order valence-corrected chi connectivity index (χ4v) is 4.97. The van der Waals surface area contributed by atoms with E-state index >= 15 is 8.78 Å². The third-order valence-corrected chi connectivity index (χ3v) is 6.85. The maximum Gasteiger partial charge on any atom is 0.250 e. The van der Waals surface area contributed by atoms with E-state index in [2.05, 4.69) is 26.8 Å². The monoisotopic (exact) mass is 553 g/mol. The lowest BCUT2D eigenvalue weighted by Crippen LogP contribution is -2.18. The zero-order chi connectivity index (χ0) is 28.8. The van der Waals surface area contributed by atoms with E-state index in [4.69, 9.17) is 10.5 Å². The molecular formula is C30H25F2N7O2. The Morgan fingerprint density at radius 2 is 1.90 bits per heavy atom. The number of aromatic nitrogens is 4. The average molecular weight is 554 g/mol. The van der Waals surface area contributed by atoms with E-state index in [1.54, 1.807) is 42.2 Å². The highest BCUT2D eigenvalue weighted by Crippen LogP contribution is 2.48. The number of rotatable bonds is 6. The lowest BCUT2D eigenvalue weighted by molar-refractivity contribution is -0.112. The number of carbonyl (C=O) groups excluding carboxylic acids is 1. The first-order valence-electron chi connectivity index (χ1n) is 12.8. The second-order valence-corrected chi connectivity index (χ2v) is 9.70.